The molecule has 0 unspecified atom stereocenters. The molecule has 15 heavy (non-hydrogen) atoms. The maximum absolute atomic E-state index is 11.3. The van der Waals surface area contributed by atoms with Crippen molar-refractivity contribution >= 4 is 11.5 Å². The number of ketones is 1. The van der Waals surface area contributed by atoms with Crippen LogP contribution in [-0.4, -0.2) is 22.2 Å². The molecule has 1 aliphatic heterocycles. The molecule has 0 radical (unpaired) electrons. The Bertz CT molecular complexity index is 482. The summed E-state index contributed by atoms with van der Waals surface area (Å²) in [7, 11) is 0. The van der Waals surface area contributed by atoms with Crippen molar-refractivity contribution in [3.8, 4) is 5.75 Å². The van der Waals surface area contributed by atoms with E-state index in [9.17, 15) is 19.8 Å². The van der Waals surface area contributed by atoms with Crippen molar-refractivity contribution in [3.63, 3.8) is 0 Å². The number of hydrogen-bond acceptors (Lipinski definition) is 5. The lowest BCUT2D eigenvalue weighted by molar-refractivity contribution is -0.754. The van der Waals surface area contributed by atoms with E-state index in [1.807, 2.05) is 0 Å². The zero-order valence-corrected chi connectivity index (χ0v) is 7.37. The van der Waals surface area contributed by atoms with E-state index in [4.69, 9.17) is 0 Å². The summed E-state index contributed by atoms with van der Waals surface area (Å²) in [5, 5.41) is 10.4. The number of hydrogen-bond donors (Lipinski definition) is 0. The van der Waals surface area contributed by atoms with Crippen LogP contribution in [0.1, 0.15) is 10.4 Å². The Balaban J connectivity index is 2.52. The molecule has 0 saturated carbocycles. The summed E-state index contributed by atoms with van der Waals surface area (Å²) in [6, 6.07) is 3.51. The number of nitro benzene ring substituents is 1. The lowest BCUT2D eigenvalue weighted by Gasteiger charge is -2.06. The van der Waals surface area contributed by atoms with Crippen LogP contribution in [0.3, 0.4) is 0 Å². The first kappa shape index (κ1) is 9.25. The van der Waals surface area contributed by atoms with Crippen molar-refractivity contribution in [2.45, 2.75) is 0 Å². The first-order valence-corrected chi connectivity index (χ1v) is 4.02. The van der Waals surface area contributed by atoms with Gasteiger partial charge < -0.3 is 0 Å². The van der Waals surface area contributed by atoms with Gasteiger partial charge in [0.2, 0.25) is 16.5 Å². The van der Waals surface area contributed by atoms with E-state index in [0.29, 0.717) is 0 Å². The van der Waals surface area contributed by atoms with Crippen molar-refractivity contribution in [2.24, 2.45) is 0 Å². The van der Waals surface area contributed by atoms with Crippen molar-refractivity contribution in [2.75, 3.05) is 6.54 Å². The van der Waals surface area contributed by atoms with Crippen molar-refractivity contribution < 1.29 is 19.5 Å². The fraction of sp³-hybridized carbons (Fsp3) is 0.125. The molecular formula is C8H5N2O5+. The zero-order valence-electron chi connectivity index (χ0n) is 7.37. The van der Waals surface area contributed by atoms with Crippen LogP contribution in [0, 0.1) is 15.0 Å². The zero-order chi connectivity index (χ0) is 11.0. The molecule has 0 N–H and O–H groups in total. The van der Waals surface area contributed by atoms with Gasteiger partial charge in [0.1, 0.15) is 0 Å². The highest BCUT2D eigenvalue weighted by Crippen LogP contribution is 2.27. The first-order chi connectivity index (χ1) is 7.08. The number of nitrogens with zero attached hydrogens (tertiary/aromatic N) is 2. The molecule has 0 aromatic heterocycles. The van der Waals surface area contributed by atoms with E-state index in [1.54, 1.807) is 0 Å². The van der Waals surface area contributed by atoms with Gasteiger partial charge in [0.25, 0.3) is 5.69 Å². The second kappa shape index (κ2) is 3.12. The van der Waals surface area contributed by atoms with Gasteiger partial charge in [-0.05, 0) is 6.07 Å². The van der Waals surface area contributed by atoms with Gasteiger partial charge in [-0.25, -0.2) is 0 Å². The van der Waals surface area contributed by atoms with Gasteiger partial charge >= 0.3 is 6.54 Å². The molecule has 0 amide bonds. The molecule has 0 atom stereocenters. The van der Waals surface area contributed by atoms with E-state index >= 15 is 0 Å². The van der Waals surface area contributed by atoms with Gasteiger partial charge in [-0.2, -0.15) is 4.84 Å². The molecule has 76 valence electrons. The van der Waals surface area contributed by atoms with E-state index in [1.165, 1.54) is 12.1 Å². The average Bonchev–Trinajstić information content (AvgIpc) is 2.16. The smallest absolute Gasteiger partial charge is 0.286 e. The van der Waals surface area contributed by atoms with E-state index < -0.39 is 17.3 Å². The molecule has 7 nitrogen and oxygen atoms in total. The third-order valence-corrected chi connectivity index (χ3v) is 1.95. The Labute approximate surface area is 82.9 Å². The van der Waals surface area contributed by atoms with Gasteiger partial charge in [-0.15, -0.1) is 0 Å². The van der Waals surface area contributed by atoms with Crippen molar-refractivity contribution in [1.29, 1.82) is 0 Å². The number of fused-ring (bicyclic) bond motifs is 1. The highest BCUT2D eigenvalue weighted by molar-refractivity contribution is 6.00. The van der Waals surface area contributed by atoms with Crippen LogP contribution in [0.25, 0.3) is 0 Å². The summed E-state index contributed by atoms with van der Waals surface area (Å²) >= 11 is 0. The normalized spacial score (nSPS) is 14.4. The summed E-state index contributed by atoms with van der Waals surface area (Å²) in [4.78, 5) is 36.8. The van der Waals surface area contributed by atoms with Gasteiger partial charge in [0, 0.05) is 12.1 Å². The number of nitro groups is 1. The summed E-state index contributed by atoms with van der Waals surface area (Å²) < 4.78 is 0. The monoisotopic (exact) mass is 209 g/mol. The molecule has 1 aliphatic rings. The number of carbonyl (C=O) groups excluding carboxylic acids is 1. The number of non-ortho nitro benzene ring substituents is 1. The van der Waals surface area contributed by atoms with E-state index in [2.05, 4.69) is 4.84 Å². The fourth-order valence-corrected chi connectivity index (χ4v) is 1.27. The minimum Gasteiger partial charge on any atom is -0.286 e. The van der Waals surface area contributed by atoms with Gasteiger partial charge in [-0.3, -0.25) is 14.9 Å². The number of benzene rings is 1. The van der Waals surface area contributed by atoms with Crippen LogP contribution >= 0.6 is 0 Å². The second-order valence-electron chi connectivity index (χ2n) is 2.94. The van der Waals surface area contributed by atoms with Crippen LogP contribution in [0.2, 0.25) is 0 Å². The molecule has 1 aromatic rings. The molecule has 1 heterocycles. The average molecular weight is 209 g/mol. The van der Waals surface area contributed by atoms with Gasteiger partial charge in [-0.1, -0.05) is 0 Å². The topological polar surface area (TPSA) is 89.5 Å². The molecule has 2 rings (SSSR count). The molecule has 0 saturated heterocycles. The summed E-state index contributed by atoms with van der Waals surface area (Å²) in [6.45, 7) is -0.450. The largest absolute Gasteiger partial charge is 0.310 e. The predicted molar refractivity (Wildman–Crippen MR) is 46.5 cm³/mol. The highest BCUT2D eigenvalue weighted by Gasteiger charge is 2.32. The molecule has 0 aliphatic carbocycles. The van der Waals surface area contributed by atoms with Crippen molar-refractivity contribution in [1.82, 2.24) is 0 Å². The first-order valence-electron chi connectivity index (χ1n) is 4.02. The molecule has 7 heteroatoms. The minimum atomic E-state index is -0.614. The quantitative estimate of drug-likeness (QED) is 0.505. The Morgan fingerprint density at radius 2 is 2.20 bits per heavy atom. The Kier molecular flexibility index (Phi) is 1.93. The molecule has 1 aromatic carbocycles. The molecule has 0 bridgehead atoms. The minimum absolute atomic E-state index is 0.0480. The van der Waals surface area contributed by atoms with Crippen LogP contribution in [0.15, 0.2) is 18.2 Å². The van der Waals surface area contributed by atoms with Gasteiger partial charge in [0.15, 0.2) is 0 Å². The summed E-state index contributed by atoms with van der Waals surface area (Å²) in [5.41, 5.74) is -0.138. The molecule has 0 spiro atoms. The van der Waals surface area contributed by atoms with Crippen LogP contribution in [-0.2, 0) is 0 Å². The van der Waals surface area contributed by atoms with Crippen molar-refractivity contribution in [3.05, 3.63) is 38.8 Å². The standard InChI is InChI=1S/C8H5N2O5/c11-7-4-9(12)15-8-2-1-5(10(13)14)3-6(7)8/h1-3H,4H2/q+1. The van der Waals surface area contributed by atoms with Crippen LogP contribution in [0.4, 0.5) is 5.69 Å². The number of carbonyl (C=O) groups is 1. The SMILES string of the molecule is O=C1C[N+](=O)Oc2ccc([N+](=O)[O-])cc21. The maximum atomic E-state index is 11.3. The van der Waals surface area contributed by atoms with E-state index in [0.717, 1.165) is 6.07 Å². The third kappa shape index (κ3) is 1.54. The lowest BCUT2D eigenvalue weighted by atomic mass is 10.1. The Hall–Kier alpha value is -2.31. The highest BCUT2D eigenvalue weighted by atomic mass is 16.8. The summed E-state index contributed by atoms with van der Waals surface area (Å²) in [5.74, 6) is -0.443. The molecular weight excluding hydrogens is 204 g/mol. The number of Topliss-reactive ketones (excluding diaryl/α,β-unsaturated/α-hetero) is 1. The summed E-state index contributed by atoms with van der Waals surface area (Å²) in [6.07, 6.45) is 0. The van der Waals surface area contributed by atoms with Gasteiger partial charge in [0.05, 0.1) is 15.4 Å². The predicted octanol–water partition coefficient (Wildman–Crippen LogP) is 0.864. The number of rotatable bonds is 1. The Morgan fingerprint density at radius 3 is 2.87 bits per heavy atom. The third-order valence-electron chi connectivity index (χ3n) is 1.95. The fourth-order valence-electron chi connectivity index (χ4n) is 1.27. The maximum Gasteiger partial charge on any atom is 0.310 e. The molecule has 0 fully saturated rings. The Morgan fingerprint density at radius 1 is 1.47 bits per heavy atom. The van der Waals surface area contributed by atoms with Crippen LogP contribution in [0.5, 0.6) is 5.75 Å². The van der Waals surface area contributed by atoms with E-state index in [-0.39, 0.29) is 21.9 Å². The lowest BCUT2D eigenvalue weighted by Crippen LogP contribution is -2.27. The second-order valence-corrected chi connectivity index (χ2v) is 2.94. The van der Waals surface area contributed by atoms with Crippen LogP contribution < -0.4 is 4.84 Å².